The Morgan fingerprint density at radius 2 is 2.29 bits per heavy atom. The number of aromatic amines is 1. The van der Waals surface area contributed by atoms with Gasteiger partial charge in [0, 0.05) is 18.0 Å². The van der Waals surface area contributed by atoms with E-state index >= 15 is 0 Å². The molecule has 0 saturated carbocycles. The molecule has 17 heavy (non-hydrogen) atoms. The van der Waals surface area contributed by atoms with E-state index in [0.717, 1.165) is 22.4 Å². The number of nitrogens with one attached hydrogen (secondary N) is 1. The molecule has 8 heteroatoms. The van der Waals surface area contributed by atoms with Gasteiger partial charge >= 0.3 is 5.69 Å². The third-order valence-electron chi connectivity index (χ3n) is 2.72. The molecule has 0 bridgehead atoms. The molecule has 0 aromatic carbocycles. The molecule has 0 amide bonds. The van der Waals surface area contributed by atoms with Gasteiger partial charge in [-0.25, -0.2) is 4.79 Å². The predicted molar refractivity (Wildman–Crippen MR) is 60.9 cm³/mol. The molecule has 0 unspecified atom stereocenters. The van der Waals surface area contributed by atoms with Crippen LogP contribution in [0.25, 0.3) is 0 Å². The van der Waals surface area contributed by atoms with Crippen molar-refractivity contribution in [2.45, 2.75) is 17.1 Å². The van der Waals surface area contributed by atoms with E-state index in [1.807, 2.05) is 0 Å². The number of nitrogens with zero attached hydrogens (tertiary/aromatic N) is 1. The predicted octanol–water partition coefficient (Wildman–Crippen LogP) is -2.13. The molecule has 1 aromatic heterocycles. The number of thioether (sulfide) groups is 1. The smallest absolute Gasteiger partial charge is 0.329 e. The van der Waals surface area contributed by atoms with Gasteiger partial charge in [-0.2, -0.15) is 0 Å². The zero-order chi connectivity index (χ0) is 12.6. The molecule has 4 N–H and O–H groups in total. The lowest BCUT2D eigenvalue weighted by Gasteiger charge is -2.25. The third kappa shape index (κ3) is 2.04. The summed E-state index contributed by atoms with van der Waals surface area (Å²) in [7, 11) is 0. The van der Waals surface area contributed by atoms with Crippen molar-refractivity contribution in [1.29, 1.82) is 0 Å². The van der Waals surface area contributed by atoms with E-state index in [4.69, 9.17) is 5.11 Å². The molecule has 0 spiro atoms. The summed E-state index contributed by atoms with van der Waals surface area (Å²) in [5, 5.41) is 28.0. The normalized spacial score (nSPS) is 32.9. The Hall–Kier alpha value is -1.09. The SMILES string of the molecule is O=c1ccn([C@@H]2SC[C@@](O)(CO)[C@@H]2O)c(=O)[nH]1. The standard InChI is InChI=1S/C9H12N2O5S/c12-3-9(16)4-17-7(6(9)14)11-2-1-5(13)10-8(11)15/h1-2,6-7,12,14,16H,3-4H2,(H,10,13,15)/t6-,7-,9+/m1/s1. The van der Waals surface area contributed by atoms with Crippen LogP contribution in [-0.4, -0.2) is 48.9 Å². The maximum absolute atomic E-state index is 11.5. The van der Waals surface area contributed by atoms with E-state index in [2.05, 4.69) is 4.98 Å². The van der Waals surface area contributed by atoms with Gasteiger partial charge in [-0.05, 0) is 0 Å². The first-order valence-corrected chi connectivity index (χ1v) is 5.97. The van der Waals surface area contributed by atoms with E-state index in [1.165, 1.54) is 6.20 Å². The number of aromatic nitrogens is 2. The first-order chi connectivity index (χ1) is 7.98. The topological polar surface area (TPSA) is 116 Å². The highest BCUT2D eigenvalue weighted by atomic mass is 32.2. The molecule has 1 saturated heterocycles. The van der Waals surface area contributed by atoms with E-state index in [-0.39, 0.29) is 5.75 Å². The summed E-state index contributed by atoms with van der Waals surface area (Å²) in [5.41, 5.74) is -2.80. The van der Waals surface area contributed by atoms with Crippen LogP contribution in [0.3, 0.4) is 0 Å². The fourth-order valence-corrected chi connectivity index (χ4v) is 3.15. The van der Waals surface area contributed by atoms with Crippen molar-refractivity contribution < 1.29 is 15.3 Å². The van der Waals surface area contributed by atoms with Crippen LogP contribution >= 0.6 is 11.8 Å². The van der Waals surface area contributed by atoms with E-state index in [9.17, 15) is 19.8 Å². The average molecular weight is 260 g/mol. The lowest BCUT2D eigenvalue weighted by Crippen LogP contribution is -2.47. The van der Waals surface area contributed by atoms with Gasteiger partial charge in [0.05, 0.1) is 6.61 Å². The Bertz CT molecular complexity index is 527. The molecule has 0 radical (unpaired) electrons. The lowest BCUT2D eigenvalue weighted by molar-refractivity contribution is -0.0876. The Kier molecular flexibility index (Phi) is 3.13. The van der Waals surface area contributed by atoms with Gasteiger partial charge in [-0.1, -0.05) is 0 Å². The van der Waals surface area contributed by atoms with Gasteiger partial charge in [0.1, 0.15) is 17.1 Å². The third-order valence-corrected chi connectivity index (χ3v) is 4.22. The van der Waals surface area contributed by atoms with Crippen LogP contribution in [-0.2, 0) is 0 Å². The molecular weight excluding hydrogens is 248 g/mol. The maximum Gasteiger partial charge on any atom is 0.329 e. The fraction of sp³-hybridized carbons (Fsp3) is 0.556. The summed E-state index contributed by atoms with van der Waals surface area (Å²) < 4.78 is 1.13. The lowest BCUT2D eigenvalue weighted by atomic mass is 10.0. The monoisotopic (exact) mass is 260 g/mol. The van der Waals surface area contributed by atoms with Crippen molar-refractivity contribution in [2.75, 3.05) is 12.4 Å². The number of hydrogen-bond acceptors (Lipinski definition) is 6. The van der Waals surface area contributed by atoms with Crippen LogP contribution in [0.1, 0.15) is 5.37 Å². The van der Waals surface area contributed by atoms with Gasteiger partial charge in [0.25, 0.3) is 5.56 Å². The number of rotatable bonds is 2. The molecule has 3 atom stereocenters. The molecule has 1 aromatic rings. The van der Waals surface area contributed by atoms with Crippen molar-refractivity contribution in [3.63, 3.8) is 0 Å². The summed E-state index contributed by atoms with van der Waals surface area (Å²) in [6, 6.07) is 1.16. The summed E-state index contributed by atoms with van der Waals surface area (Å²) in [4.78, 5) is 24.5. The molecular formula is C9H12N2O5S. The van der Waals surface area contributed by atoms with Crippen LogP contribution in [0, 0.1) is 0 Å². The van der Waals surface area contributed by atoms with E-state index in [1.54, 1.807) is 0 Å². The van der Waals surface area contributed by atoms with Crippen LogP contribution in [0.2, 0.25) is 0 Å². The molecule has 2 heterocycles. The Morgan fingerprint density at radius 1 is 1.59 bits per heavy atom. The van der Waals surface area contributed by atoms with Crippen molar-refractivity contribution in [3.05, 3.63) is 33.1 Å². The number of hydrogen-bond donors (Lipinski definition) is 4. The van der Waals surface area contributed by atoms with Crippen molar-refractivity contribution in [1.82, 2.24) is 9.55 Å². The van der Waals surface area contributed by atoms with E-state index in [0.29, 0.717) is 0 Å². The van der Waals surface area contributed by atoms with Crippen molar-refractivity contribution >= 4 is 11.8 Å². The second kappa shape index (κ2) is 4.30. The van der Waals surface area contributed by atoms with Crippen LogP contribution in [0.4, 0.5) is 0 Å². The first kappa shape index (κ1) is 12.4. The highest BCUT2D eigenvalue weighted by Crippen LogP contribution is 2.41. The summed E-state index contributed by atoms with van der Waals surface area (Å²) in [5.74, 6) is 0.112. The first-order valence-electron chi connectivity index (χ1n) is 4.92. The summed E-state index contributed by atoms with van der Waals surface area (Å²) in [6.07, 6.45) is -0.0216. The molecule has 1 aliphatic rings. The van der Waals surface area contributed by atoms with Crippen LogP contribution < -0.4 is 11.2 Å². The molecule has 7 nitrogen and oxygen atoms in total. The number of H-pyrrole nitrogens is 1. The zero-order valence-corrected chi connectivity index (χ0v) is 9.55. The van der Waals surface area contributed by atoms with Gasteiger partial charge in [0.2, 0.25) is 0 Å². The minimum Gasteiger partial charge on any atom is -0.393 e. The highest BCUT2D eigenvalue weighted by molar-refractivity contribution is 7.99. The molecule has 0 aliphatic carbocycles. The largest absolute Gasteiger partial charge is 0.393 e. The van der Waals surface area contributed by atoms with Crippen LogP contribution in [0.15, 0.2) is 21.9 Å². The molecule has 2 rings (SSSR count). The zero-order valence-electron chi connectivity index (χ0n) is 8.74. The fourth-order valence-electron chi connectivity index (χ4n) is 1.67. The van der Waals surface area contributed by atoms with Gasteiger partial charge in [-0.3, -0.25) is 14.3 Å². The Morgan fingerprint density at radius 3 is 2.82 bits per heavy atom. The quantitative estimate of drug-likeness (QED) is 0.482. The molecule has 1 fully saturated rings. The molecule has 1 aliphatic heterocycles. The Balaban J connectivity index is 2.37. The van der Waals surface area contributed by atoms with Crippen molar-refractivity contribution in [2.24, 2.45) is 0 Å². The maximum atomic E-state index is 11.5. The van der Waals surface area contributed by atoms with Crippen molar-refractivity contribution in [3.8, 4) is 0 Å². The van der Waals surface area contributed by atoms with Gasteiger partial charge in [0.15, 0.2) is 0 Å². The molecule has 94 valence electrons. The highest BCUT2D eigenvalue weighted by Gasteiger charge is 2.48. The number of aliphatic hydroxyl groups excluding tert-OH is 2. The summed E-state index contributed by atoms with van der Waals surface area (Å²) in [6.45, 7) is -0.588. The second-order valence-electron chi connectivity index (χ2n) is 3.93. The second-order valence-corrected chi connectivity index (χ2v) is 5.03. The average Bonchev–Trinajstić information content (AvgIpc) is 2.58. The van der Waals surface area contributed by atoms with Gasteiger partial charge in [-0.15, -0.1) is 11.8 Å². The Labute approximate surface area is 99.7 Å². The van der Waals surface area contributed by atoms with E-state index < -0.39 is 34.9 Å². The summed E-state index contributed by atoms with van der Waals surface area (Å²) >= 11 is 1.14. The minimum absolute atomic E-state index is 0.112. The number of aliphatic hydroxyl groups is 3. The minimum atomic E-state index is -1.62. The van der Waals surface area contributed by atoms with Crippen LogP contribution in [0.5, 0.6) is 0 Å². The van der Waals surface area contributed by atoms with Gasteiger partial charge < -0.3 is 15.3 Å².